The summed E-state index contributed by atoms with van der Waals surface area (Å²) in [4.78, 5) is 71.0. The van der Waals surface area contributed by atoms with E-state index >= 15 is 4.39 Å². The van der Waals surface area contributed by atoms with E-state index in [1.807, 2.05) is 11.0 Å². The maximum atomic E-state index is 15.5. The first-order valence-corrected chi connectivity index (χ1v) is 18.9. The number of aromatic nitrogens is 4. The highest BCUT2D eigenvalue weighted by Gasteiger charge is 2.45. The second-order valence-corrected chi connectivity index (χ2v) is 14.9. The lowest BCUT2D eigenvalue weighted by molar-refractivity contribution is -0.136. The van der Waals surface area contributed by atoms with Crippen molar-refractivity contribution in [3.8, 4) is 11.3 Å². The van der Waals surface area contributed by atoms with Gasteiger partial charge in [0.25, 0.3) is 11.8 Å². The maximum Gasteiger partial charge on any atom is 0.320 e. The molecule has 0 spiro atoms. The van der Waals surface area contributed by atoms with Gasteiger partial charge in [-0.2, -0.15) is 8.78 Å². The smallest absolute Gasteiger partial charge is 0.320 e. The van der Waals surface area contributed by atoms with E-state index in [1.54, 1.807) is 30.5 Å². The van der Waals surface area contributed by atoms with E-state index in [1.165, 1.54) is 24.5 Å². The third kappa shape index (κ3) is 6.30. The van der Waals surface area contributed by atoms with Crippen molar-refractivity contribution in [3.05, 3.63) is 78.0 Å². The van der Waals surface area contributed by atoms with Gasteiger partial charge in [0.1, 0.15) is 11.7 Å². The number of alkyl halides is 2. The van der Waals surface area contributed by atoms with E-state index in [0.29, 0.717) is 46.6 Å². The van der Waals surface area contributed by atoms with Crippen molar-refractivity contribution in [1.82, 2.24) is 34.6 Å². The number of pyridine rings is 3. The monoisotopic (exact) mass is 765 g/mol. The van der Waals surface area contributed by atoms with Gasteiger partial charge in [0.2, 0.25) is 11.8 Å². The van der Waals surface area contributed by atoms with Gasteiger partial charge in [0, 0.05) is 86.3 Å². The van der Waals surface area contributed by atoms with Gasteiger partial charge in [-0.15, -0.1) is 0 Å². The number of hydrogen-bond acceptors (Lipinski definition) is 10. The number of anilines is 2. The normalized spacial score (nSPS) is 19.9. The van der Waals surface area contributed by atoms with Crippen molar-refractivity contribution in [2.24, 2.45) is 5.92 Å². The predicted octanol–water partition coefficient (Wildman–Crippen LogP) is 5.01. The largest absolute Gasteiger partial charge is 0.369 e. The molecule has 1 unspecified atom stereocenters. The van der Waals surface area contributed by atoms with Gasteiger partial charge in [-0.25, -0.2) is 14.4 Å². The number of fused-ring (bicyclic) bond motifs is 4. The van der Waals surface area contributed by atoms with E-state index in [-0.39, 0.29) is 35.4 Å². The van der Waals surface area contributed by atoms with Crippen molar-refractivity contribution < 1.29 is 32.3 Å². The van der Waals surface area contributed by atoms with Crippen LogP contribution in [0.15, 0.2) is 61.1 Å². The molecular weight excluding hydrogens is 727 g/mol. The second-order valence-electron chi connectivity index (χ2n) is 14.9. The molecule has 3 saturated heterocycles. The van der Waals surface area contributed by atoms with Gasteiger partial charge in [-0.3, -0.25) is 43.8 Å². The zero-order valence-corrected chi connectivity index (χ0v) is 30.3. The van der Waals surface area contributed by atoms with Crippen LogP contribution < -0.4 is 15.1 Å². The predicted molar refractivity (Wildman–Crippen MR) is 201 cm³/mol. The van der Waals surface area contributed by atoms with Crippen molar-refractivity contribution in [3.63, 3.8) is 0 Å². The molecule has 4 amide bonds. The Hall–Kier alpha value is -5.90. The molecule has 8 heterocycles. The standard InChI is InChI=1S/C40H38F3N9O4/c41-30-19-24(31-4-3-26-29-22-44-11-7-32(29)51(40(42)43)35(26)46-31)21-45-36(30)50-13-9-23(10-14-50)8-12-48-15-17-49(18-16-48)25-1-2-27-28(20-25)39(56)52(38(27)55)33-5-6-34(53)47-37(33)54/h1-4,7,11,19-23,33,40H,5-6,8-10,12-18H2,(H,47,53,54). The molecule has 4 aliphatic heterocycles. The number of nitrogens with one attached hydrogen (secondary N) is 1. The highest BCUT2D eigenvalue weighted by Crippen LogP contribution is 2.35. The van der Waals surface area contributed by atoms with Gasteiger partial charge in [-0.1, -0.05) is 0 Å². The summed E-state index contributed by atoms with van der Waals surface area (Å²) in [6, 6.07) is 10.5. The van der Waals surface area contributed by atoms with Crippen LogP contribution in [-0.2, 0) is 9.59 Å². The lowest BCUT2D eigenvalue weighted by atomic mass is 9.93. The second kappa shape index (κ2) is 14.3. The molecular formula is C40H38F3N9O4. The van der Waals surface area contributed by atoms with E-state index in [4.69, 9.17) is 0 Å². The highest BCUT2D eigenvalue weighted by atomic mass is 19.3. The van der Waals surface area contributed by atoms with Crippen molar-refractivity contribution in [2.45, 2.75) is 44.7 Å². The lowest BCUT2D eigenvalue weighted by Crippen LogP contribution is -2.54. The Morgan fingerprint density at radius 3 is 2.36 bits per heavy atom. The fourth-order valence-electron chi connectivity index (χ4n) is 8.61. The topological polar surface area (TPSA) is 137 Å². The van der Waals surface area contributed by atoms with Crippen molar-refractivity contribution >= 4 is 57.1 Å². The van der Waals surface area contributed by atoms with E-state index in [2.05, 4.69) is 30.1 Å². The zero-order valence-electron chi connectivity index (χ0n) is 30.3. The number of halogens is 3. The quantitative estimate of drug-likeness (QED) is 0.215. The molecule has 0 bridgehead atoms. The maximum absolute atomic E-state index is 15.5. The molecule has 0 aliphatic carbocycles. The third-order valence-electron chi connectivity index (χ3n) is 11.7. The number of hydrogen-bond donors (Lipinski definition) is 1. The molecule has 3 fully saturated rings. The number of piperazine rings is 1. The Labute approximate surface area is 319 Å². The first-order valence-electron chi connectivity index (χ1n) is 18.9. The van der Waals surface area contributed by atoms with Crippen molar-refractivity contribution in [1.29, 1.82) is 0 Å². The van der Waals surface area contributed by atoms with E-state index in [0.717, 1.165) is 67.1 Å². The van der Waals surface area contributed by atoms with Crippen LogP contribution in [0.2, 0.25) is 0 Å². The number of imide groups is 2. The minimum absolute atomic E-state index is 0.0753. The van der Waals surface area contributed by atoms with Crippen LogP contribution in [0.3, 0.4) is 0 Å². The van der Waals surface area contributed by atoms with Gasteiger partial charge < -0.3 is 9.80 Å². The minimum Gasteiger partial charge on any atom is -0.369 e. The van der Waals surface area contributed by atoms with Crippen LogP contribution in [0.5, 0.6) is 0 Å². The Morgan fingerprint density at radius 2 is 1.61 bits per heavy atom. The van der Waals surface area contributed by atoms with Gasteiger partial charge in [-0.05, 0) is 80.6 Å². The number of carbonyl (C=O) groups is 4. The Morgan fingerprint density at radius 1 is 0.821 bits per heavy atom. The van der Waals surface area contributed by atoms with E-state index < -0.39 is 42.0 Å². The molecule has 5 aromatic rings. The molecule has 13 nitrogen and oxygen atoms in total. The highest BCUT2D eigenvalue weighted by molar-refractivity contribution is 6.23. The average molecular weight is 766 g/mol. The fourth-order valence-corrected chi connectivity index (χ4v) is 8.61. The first-order chi connectivity index (χ1) is 27.1. The summed E-state index contributed by atoms with van der Waals surface area (Å²) in [6.07, 6.45) is 7.58. The molecule has 288 valence electrons. The van der Waals surface area contributed by atoms with Crippen LogP contribution in [0.25, 0.3) is 33.2 Å². The number of piperidine rings is 2. The Kier molecular flexibility index (Phi) is 9.14. The number of rotatable bonds is 8. The first kappa shape index (κ1) is 35.8. The van der Waals surface area contributed by atoms with Crippen molar-refractivity contribution in [2.75, 3.05) is 55.6 Å². The summed E-state index contributed by atoms with van der Waals surface area (Å²) >= 11 is 0. The van der Waals surface area contributed by atoms with Gasteiger partial charge >= 0.3 is 6.55 Å². The minimum atomic E-state index is -2.81. The molecule has 16 heteroatoms. The van der Waals surface area contributed by atoms with Crippen LogP contribution >= 0.6 is 0 Å². The van der Waals surface area contributed by atoms with Crippen LogP contribution in [0.4, 0.5) is 24.7 Å². The zero-order chi connectivity index (χ0) is 38.7. The molecule has 0 saturated carbocycles. The Balaban J connectivity index is 0.770. The molecule has 0 radical (unpaired) electrons. The fraction of sp³-hybridized carbons (Fsp3) is 0.375. The molecule has 4 aliphatic rings. The van der Waals surface area contributed by atoms with E-state index in [9.17, 15) is 28.0 Å². The molecule has 1 atom stereocenters. The summed E-state index contributed by atoms with van der Waals surface area (Å²) < 4.78 is 44.5. The van der Waals surface area contributed by atoms with Crippen LogP contribution in [-0.4, -0.2) is 105 Å². The third-order valence-corrected chi connectivity index (χ3v) is 11.7. The number of amides is 4. The molecule has 1 aromatic carbocycles. The number of nitrogens with zero attached hydrogens (tertiary/aromatic N) is 8. The summed E-state index contributed by atoms with van der Waals surface area (Å²) in [5.74, 6) is -1.77. The molecule has 9 rings (SSSR count). The summed E-state index contributed by atoms with van der Waals surface area (Å²) in [7, 11) is 0. The SMILES string of the molecule is O=C1CCC(N2C(=O)c3ccc(N4CCN(CCC5CCN(c6ncc(-c7ccc8c9cnccc9n(C(F)F)c8n7)cc6F)CC5)CC4)cc3C2=O)C(=O)N1. The average Bonchev–Trinajstić information content (AvgIpc) is 3.67. The number of benzene rings is 1. The summed E-state index contributed by atoms with van der Waals surface area (Å²) in [5.41, 5.74) is 2.59. The summed E-state index contributed by atoms with van der Waals surface area (Å²) in [6.45, 7) is 2.69. The lowest BCUT2D eigenvalue weighted by Gasteiger charge is -2.38. The van der Waals surface area contributed by atoms with Gasteiger partial charge in [0.05, 0.1) is 22.3 Å². The summed E-state index contributed by atoms with van der Waals surface area (Å²) in [5, 5.41) is 3.34. The molecule has 56 heavy (non-hydrogen) atoms. The van der Waals surface area contributed by atoms with Gasteiger partial charge in [0.15, 0.2) is 11.6 Å². The molecule has 4 aromatic heterocycles. The van der Waals surface area contributed by atoms with Crippen LogP contribution in [0.1, 0.15) is 59.4 Å². The Bertz CT molecular complexity index is 2410. The number of carbonyl (C=O) groups excluding carboxylic acids is 4. The molecule has 1 N–H and O–H groups in total. The van der Waals surface area contributed by atoms with Crippen LogP contribution in [0, 0.1) is 11.7 Å².